The highest BCUT2D eigenvalue weighted by molar-refractivity contribution is 7.89. The van der Waals surface area contributed by atoms with Crippen LogP contribution in [0.1, 0.15) is 19.9 Å². The number of carbonyl (C=O) groups is 1. The number of fused-ring (bicyclic) bond motifs is 1. The molecule has 1 aromatic carbocycles. The molecule has 0 aliphatic carbocycles. The molecule has 0 aliphatic heterocycles. The number of aromatic nitrogens is 3. The summed E-state index contributed by atoms with van der Waals surface area (Å²) in [5, 5.41) is 7.66. The molecule has 0 fully saturated rings. The number of hydrogen-bond acceptors (Lipinski definition) is 5. The van der Waals surface area contributed by atoms with Gasteiger partial charge in [0.05, 0.1) is 29.5 Å². The van der Waals surface area contributed by atoms with Gasteiger partial charge in [-0.3, -0.25) is 4.79 Å². The van der Waals surface area contributed by atoms with Crippen molar-refractivity contribution < 1.29 is 17.6 Å². The average Bonchev–Trinajstić information content (AvgIpc) is 3.05. The predicted molar refractivity (Wildman–Crippen MR) is 103 cm³/mol. The third kappa shape index (κ3) is 4.02. The van der Waals surface area contributed by atoms with E-state index in [-0.39, 0.29) is 10.9 Å². The Kier molecular flexibility index (Phi) is 5.43. The average molecular weight is 405 g/mol. The largest absolute Gasteiger partial charge is 0.324 e. The molecule has 0 spiro atoms. The number of nitrogens with one attached hydrogen (secondary N) is 1. The van der Waals surface area contributed by atoms with Crippen LogP contribution < -0.4 is 5.32 Å². The SMILES string of the molecule is CC(C)n1ncc2cc(NC(=O)CN(C)S(=O)(=O)c3ccc(F)cc3)cnc21. The number of likely N-dealkylation sites (N-methyl/N-ethyl adjacent to an activating group) is 1. The van der Waals surface area contributed by atoms with E-state index >= 15 is 0 Å². The molecule has 0 atom stereocenters. The number of nitrogens with zero attached hydrogens (tertiary/aromatic N) is 4. The third-order valence-electron chi connectivity index (χ3n) is 4.09. The van der Waals surface area contributed by atoms with Gasteiger partial charge in [-0.25, -0.2) is 22.5 Å². The third-order valence-corrected chi connectivity index (χ3v) is 5.91. The quantitative estimate of drug-likeness (QED) is 0.679. The number of sulfonamides is 1. The molecule has 3 aromatic rings. The van der Waals surface area contributed by atoms with Gasteiger partial charge in [-0.1, -0.05) is 0 Å². The number of anilines is 1. The molecule has 2 aromatic heterocycles. The van der Waals surface area contributed by atoms with E-state index in [9.17, 15) is 17.6 Å². The predicted octanol–water partition coefficient (Wildman–Crippen LogP) is 2.41. The standard InChI is InChI=1S/C18H20FN5O3S/c1-12(2)24-18-13(9-21-24)8-15(10-20-18)22-17(25)11-23(3)28(26,27)16-6-4-14(19)5-7-16/h4-10,12H,11H2,1-3H3,(H,22,25). The lowest BCUT2D eigenvalue weighted by Gasteiger charge is -2.17. The molecule has 10 heteroatoms. The highest BCUT2D eigenvalue weighted by Crippen LogP contribution is 2.19. The van der Waals surface area contributed by atoms with Crippen LogP contribution in [0.25, 0.3) is 11.0 Å². The number of pyridine rings is 1. The Hall–Kier alpha value is -2.85. The summed E-state index contributed by atoms with van der Waals surface area (Å²) in [5.41, 5.74) is 1.14. The fourth-order valence-corrected chi connectivity index (χ4v) is 3.79. The summed E-state index contributed by atoms with van der Waals surface area (Å²) in [6.07, 6.45) is 3.15. The monoisotopic (exact) mass is 405 g/mol. The van der Waals surface area contributed by atoms with Crippen LogP contribution >= 0.6 is 0 Å². The molecule has 0 bridgehead atoms. The normalized spacial score (nSPS) is 12.1. The zero-order valence-electron chi connectivity index (χ0n) is 15.6. The van der Waals surface area contributed by atoms with E-state index in [0.29, 0.717) is 11.3 Å². The molecule has 28 heavy (non-hydrogen) atoms. The van der Waals surface area contributed by atoms with Crippen molar-refractivity contribution in [2.75, 3.05) is 18.9 Å². The Labute approximate surface area is 162 Å². The van der Waals surface area contributed by atoms with Crippen LogP contribution in [0.4, 0.5) is 10.1 Å². The summed E-state index contributed by atoms with van der Waals surface area (Å²) >= 11 is 0. The van der Waals surface area contributed by atoms with E-state index in [4.69, 9.17) is 0 Å². The van der Waals surface area contributed by atoms with Crippen LogP contribution in [0.3, 0.4) is 0 Å². The van der Waals surface area contributed by atoms with Crippen molar-refractivity contribution in [1.29, 1.82) is 0 Å². The van der Waals surface area contributed by atoms with Gasteiger partial charge in [-0.15, -0.1) is 0 Å². The van der Waals surface area contributed by atoms with Crippen molar-refractivity contribution in [3.8, 4) is 0 Å². The molecule has 0 unspecified atom stereocenters. The Morgan fingerprint density at radius 2 is 1.93 bits per heavy atom. The van der Waals surface area contributed by atoms with E-state index in [1.54, 1.807) is 16.9 Å². The summed E-state index contributed by atoms with van der Waals surface area (Å²) in [6.45, 7) is 3.57. The van der Waals surface area contributed by atoms with E-state index in [2.05, 4.69) is 15.4 Å². The summed E-state index contributed by atoms with van der Waals surface area (Å²) in [4.78, 5) is 16.5. The smallest absolute Gasteiger partial charge is 0.243 e. The number of benzene rings is 1. The van der Waals surface area contributed by atoms with Gasteiger partial charge >= 0.3 is 0 Å². The van der Waals surface area contributed by atoms with Crippen LogP contribution in [0.5, 0.6) is 0 Å². The molecule has 8 nitrogen and oxygen atoms in total. The van der Waals surface area contributed by atoms with Crippen LogP contribution in [-0.2, 0) is 14.8 Å². The van der Waals surface area contributed by atoms with Crippen molar-refractivity contribution in [2.24, 2.45) is 0 Å². The summed E-state index contributed by atoms with van der Waals surface area (Å²) in [6, 6.07) is 6.29. The summed E-state index contributed by atoms with van der Waals surface area (Å²) in [5.74, 6) is -1.06. The lowest BCUT2D eigenvalue weighted by atomic mass is 10.3. The van der Waals surface area contributed by atoms with Crippen LogP contribution in [0, 0.1) is 5.82 Å². The molecule has 0 aliphatic rings. The number of carbonyl (C=O) groups excluding carboxylic acids is 1. The zero-order chi connectivity index (χ0) is 20.5. The summed E-state index contributed by atoms with van der Waals surface area (Å²) < 4.78 is 40.6. The van der Waals surface area contributed by atoms with Gasteiger partial charge in [0.15, 0.2) is 5.65 Å². The highest BCUT2D eigenvalue weighted by Gasteiger charge is 2.23. The first-order valence-electron chi connectivity index (χ1n) is 8.53. The first kappa shape index (κ1) is 19.9. The van der Waals surface area contributed by atoms with Crippen molar-refractivity contribution in [1.82, 2.24) is 19.1 Å². The Morgan fingerprint density at radius 3 is 2.57 bits per heavy atom. The van der Waals surface area contributed by atoms with Gasteiger partial charge in [0.1, 0.15) is 5.82 Å². The number of hydrogen-bond donors (Lipinski definition) is 1. The van der Waals surface area contributed by atoms with Crippen molar-refractivity contribution >= 4 is 32.7 Å². The van der Waals surface area contributed by atoms with Crippen molar-refractivity contribution in [3.05, 3.63) is 48.5 Å². The molecule has 1 N–H and O–H groups in total. The van der Waals surface area contributed by atoms with E-state index in [1.807, 2.05) is 13.8 Å². The minimum Gasteiger partial charge on any atom is -0.324 e. The van der Waals surface area contributed by atoms with Gasteiger partial charge in [0.25, 0.3) is 0 Å². The minimum atomic E-state index is -3.91. The zero-order valence-corrected chi connectivity index (χ0v) is 16.4. The number of rotatable bonds is 6. The number of halogens is 1. The van der Waals surface area contributed by atoms with E-state index < -0.39 is 28.3 Å². The maximum atomic E-state index is 13.0. The lowest BCUT2D eigenvalue weighted by molar-refractivity contribution is -0.116. The molecule has 3 rings (SSSR count). The van der Waals surface area contributed by atoms with E-state index in [1.165, 1.54) is 13.2 Å². The Morgan fingerprint density at radius 1 is 1.25 bits per heavy atom. The molecular weight excluding hydrogens is 385 g/mol. The first-order valence-corrected chi connectivity index (χ1v) is 9.97. The van der Waals surface area contributed by atoms with Crippen LogP contribution in [-0.4, -0.2) is 47.0 Å². The summed E-state index contributed by atoms with van der Waals surface area (Å²) in [7, 11) is -2.62. The minimum absolute atomic E-state index is 0.0895. The highest BCUT2D eigenvalue weighted by atomic mass is 32.2. The molecule has 148 valence electrons. The second kappa shape index (κ2) is 7.64. The van der Waals surface area contributed by atoms with Gasteiger partial charge in [-0.05, 0) is 44.2 Å². The second-order valence-electron chi connectivity index (χ2n) is 6.58. The van der Waals surface area contributed by atoms with Gasteiger partial charge in [0, 0.05) is 18.5 Å². The fraction of sp³-hybridized carbons (Fsp3) is 0.278. The van der Waals surface area contributed by atoms with Gasteiger partial charge < -0.3 is 5.32 Å². The molecule has 0 saturated heterocycles. The topological polar surface area (TPSA) is 97.2 Å². The van der Waals surface area contributed by atoms with Crippen LogP contribution in [0.2, 0.25) is 0 Å². The Bertz CT molecular complexity index is 1110. The molecule has 0 saturated carbocycles. The number of amides is 1. The molecular formula is C18H20FN5O3S. The molecule has 0 radical (unpaired) electrons. The molecule has 2 heterocycles. The first-order chi connectivity index (χ1) is 13.2. The van der Waals surface area contributed by atoms with E-state index in [0.717, 1.165) is 34.0 Å². The Balaban J connectivity index is 1.71. The van der Waals surface area contributed by atoms with Gasteiger partial charge in [-0.2, -0.15) is 9.40 Å². The lowest BCUT2D eigenvalue weighted by Crippen LogP contribution is -2.35. The maximum absolute atomic E-state index is 13.0. The van der Waals surface area contributed by atoms with Crippen LogP contribution in [0.15, 0.2) is 47.6 Å². The second-order valence-corrected chi connectivity index (χ2v) is 8.63. The van der Waals surface area contributed by atoms with Gasteiger partial charge in [0.2, 0.25) is 15.9 Å². The fourth-order valence-electron chi connectivity index (χ4n) is 2.66. The van der Waals surface area contributed by atoms with Crippen molar-refractivity contribution in [2.45, 2.75) is 24.8 Å². The maximum Gasteiger partial charge on any atom is 0.243 e. The van der Waals surface area contributed by atoms with Crippen molar-refractivity contribution in [3.63, 3.8) is 0 Å². The molecule has 1 amide bonds.